The van der Waals surface area contributed by atoms with Crippen LogP contribution in [0.15, 0.2) is 0 Å². The van der Waals surface area contributed by atoms with E-state index in [1.807, 2.05) is 0 Å². The molecule has 3 rings (SSSR count). The van der Waals surface area contributed by atoms with Crippen molar-refractivity contribution in [3.8, 4) is 0 Å². The molecule has 1 saturated carbocycles. The smallest absolute Gasteiger partial charge is 0.344 e. The summed E-state index contributed by atoms with van der Waals surface area (Å²) >= 11 is 5.17. The number of rotatable bonds is 3. The average Bonchev–Trinajstić information content (AvgIpc) is 3.10. The van der Waals surface area contributed by atoms with Crippen LogP contribution in [0.1, 0.15) is 44.9 Å². The molecule has 2 aliphatic heterocycles. The minimum atomic E-state index is -0.730. The summed E-state index contributed by atoms with van der Waals surface area (Å²) in [6, 6.07) is -0.423. The predicted octanol–water partition coefficient (Wildman–Crippen LogP) is 0.799. The van der Waals surface area contributed by atoms with Crippen LogP contribution in [0.25, 0.3) is 0 Å². The van der Waals surface area contributed by atoms with Gasteiger partial charge in [0.15, 0.2) is 5.11 Å². The van der Waals surface area contributed by atoms with Gasteiger partial charge in [-0.05, 0) is 37.9 Å². The van der Waals surface area contributed by atoms with E-state index in [1.165, 1.54) is 0 Å². The van der Waals surface area contributed by atoms with Crippen molar-refractivity contribution in [1.82, 2.24) is 21.1 Å². The molecule has 1 aliphatic carbocycles. The van der Waals surface area contributed by atoms with Gasteiger partial charge in [-0.25, -0.2) is 4.79 Å². The third kappa shape index (κ3) is 3.03. The molecule has 0 aromatic rings. The highest BCUT2D eigenvalue weighted by molar-refractivity contribution is 7.80. The first-order chi connectivity index (χ1) is 10.6. The number of hydrogen-bond acceptors (Lipinski definition) is 4. The number of ether oxygens (including phenoxy) is 1. The highest BCUT2D eigenvalue weighted by Crippen LogP contribution is 2.32. The summed E-state index contributed by atoms with van der Waals surface area (Å²) in [5.41, 5.74) is 1.98. The number of carbonyl (C=O) groups excluding carboxylic acids is 2. The van der Waals surface area contributed by atoms with Crippen molar-refractivity contribution in [1.29, 1.82) is 0 Å². The molecule has 8 heteroatoms. The highest BCUT2D eigenvalue weighted by atomic mass is 32.1. The predicted molar refractivity (Wildman–Crippen MR) is 83.9 cm³/mol. The fourth-order valence-corrected chi connectivity index (χ4v) is 3.54. The Morgan fingerprint density at radius 2 is 2.09 bits per heavy atom. The molecule has 7 nitrogen and oxygen atoms in total. The number of nitrogens with one attached hydrogen (secondary N) is 3. The van der Waals surface area contributed by atoms with Gasteiger partial charge in [0, 0.05) is 13.2 Å². The highest BCUT2D eigenvalue weighted by Gasteiger charge is 2.51. The number of urea groups is 1. The van der Waals surface area contributed by atoms with Gasteiger partial charge in [-0.2, -0.15) is 5.01 Å². The van der Waals surface area contributed by atoms with Crippen LogP contribution in [0.3, 0.4) is 0 Å². The molecule has 2 heterocycles. The van der Waals surface area contributed by atoms with E-state index in [0.717, 1.165) is 43.7 Å². The van der Waals surface area contributed by atoms with E-state index in [1.54, 1.807) is 0 Å². The van der Waals surface area contributed by atoms with Crippen LogP contribution < -0.4 is 16.1 Å². The Morgan fingerprint density at radius 1 is 1.32 bits per heavy atom. The minimum Gasteiger partial charge on any atom is -0.376 e. The van der Waals surface area contributed by atoms with Gasteiger partial charge in [0.2, 0.25) is 0 Å². The summed E-state index contributed by atoms with van der Waals surface area (Å²) < 4.78 is 5.50. The van der Waals surface area contributed by atoms with Crippen molar-refractivity contribution < 1.29 is 14.3 Å². The van der Waals surface area contributed by atoms with Crippen LogP contribution in [0, 0.1) is 0 Å². The van der Waals surface area contributed by atoms with Gasteiger partial charge in [0.05, 0.1) is 6.10 Å². The quantitative estimate of drug-likeness (QED) is 0.526. The molecule has 3 fully saturated rings. The van der Waals surface area contributed by atoms with Crippen molar-refractivity contribution in [2.75, 3.05) is 13.2 Å². The SMILES string of the molecule is O=C1NC2(CCCCC2)C(=O)N1NC(=S)NC[C@H]1CCCO1. The molecule has 1 atom stereocenters. The molecule has 0 aromatic carbocycles. The summed E-state index contributed by atoms with van der Waals surface area (Å²) in [5.74, 6) is -0.224. The van der Waals surface area contributed by atoms with Crippen LogP contribution in [0.2, 0.25) is 0 Å². The molecule has 1 spiro atoms. The molecule has 122 valence electrons. The largest absolute Gasteiger partial charge is 0.376 e. The third-order valence-corrected chi connectivity index (χ3v) is 4.83. The van der Waals surface area contributed by atoms with Crippen LogP contribution in [-0.4, -0.2) is 46.9 Å². The molecule has 3 amide bonds. The first-order valence-electron chi connectivity index (χ1n) is 7.93. The second-order valence-corrected chi connectivity index (χ2v) is 6.58. The Hall–Kier alpha value is -1.41. The van der Waals surface area contributed by atoms with Crippen molar-refractivity contribution >= 4 is 29.3 Å². The molecule has 0 bridgehead atoms. The molecular weight excluding hydrogens is 304 g/mol. The molecule has 0 radical (unpaired) electrons. The van der Waals surface area contributed by atoms with Gasteiger partial charge < -0.3 is 15.4 Å². The maximum atomic E-state index is 12.6. The number of carbonyl (C=O) groups is 2. The molecule has 0 unspecified atom stereocenters. The van der Waals surface area contributed by atoms with E-state index < -0.39 is 11.6 Å². The Morgan fingerprint density at radius 3 is 2.77 bits per heavy atom. The van der Waals surface area contributed by atoms with Gasteiger partial charge in [-0.1, -0.05) is 19.3 Å². The summed E-state index contributed by atoms with van der Waals surface area (Å²) in [7, 11) is 0. The summed E-state index contributed by atoms with van der Waals surface area (Å²) in [6.07, 6.45) is 6.64. The van der Waals surface area contributed by atoms with E-state index in [2.05, 4.69) is 16.1 Å². The summed E-state index contributed by atoms with van der Waals surface area (Å²) in [4.78, 5) is 24.6. The van der Waals surface area contributed by atoms with Crippen molar-refractivity contribution in [2.45, 2.75) is 56.6 Å². The molecule has 3 aliphatic rings. The molecule has 22 heavy (non-hydrogen) atoms. The zero-order chi connectivity index (χ0) is 15.6. The maximum Gasteiger partial charge on any atom is 0.344 e. The van der Waals surface area contributed by atoms with E-state index in [9.17, 15) is 9.59 Å². The standard InChI is InChI=1S/C14H22N4O3S/c19-11-14(6-2-1-3-7-14)16-13(20)18(11)17-12(22)15-9-10-5-4-8-21-10/h10H,1-9H2,(H,16,20)(H2,15,17,22)/t10-/m1/s1. The average molecular weight is 326 g/mol. The van der Waals surface area contributed by atoms with E-state index in [-0.39, 0.29) is 17.1 Å². The first kappa shape index (κ1) is 15.5. The van der Waals surface area contributed by atoms with Gasteiger partial charge in [-0.3, -0.25) is 10.2 Å². The number of nitrogens with zero attached hydrogens (tertiary/aromatic N) is 1. The van der Waals surface area contributed by atoms with E-state index in [4.69, 9.17) is 17.0 Å². The van der Waals surface area contributed by atoms with Crippen molar-refractivity contribution in [2.24, 2.45) is 0 Å². The topological polar surface area (TPSA) is 82.7 Å². The lowest BCUT2D eigenvalue weighted by atomic mass is 9.82. The lowest BCUT2D eigenvalue weighted by Crippen LogP contribution is -2.53. The number of hydrazine groups is 1. The summed E-state index contributed by atoms with van der Waals surface area (Å²) in [5, 5.41) is 7.12. The lowest BCUT2D eigenvalue weighted by molar-refractivity contribution is -0.133. The zero-order valence-electron chi connectivity index (χ0n) is 12.5. The van der Waals surface area contributed by atoms with Gasteiger partial charge in [0.25, 0.3) is 5.91 Å². The Labute approximate surface area is 135 Å². The second-order valence-electron chi connectivity index (χ2n) is 6.17. The maximum absolute atomic E-state index is 12.6. The third-order valence-electron chi connectivity index (χ3n) is 4.60. The molecule has 2 saturated heterocycles. The van der Waals surface area contributed by atoms with Crippen LogP contribution in [-0.2, 0) is 9.53 Å². The molecular formula is C14H22N4O3S. The van der Waals surface area contributed by atoms with Crippen molar-refractivity contribution in [3.63, 3.8) is 0 Å². The zero-order valence-corrected chi connectivity index (χ0v) is 13.3. The van der Waals surface area contributed by atoms with Gasteiger partial charge in [0.1, 0.15) is 5.54 Å². The van der Waals surface area contributed by atoms with Crippen molar-refractivity contribution in [3.05, 3.63) is 0 Å². The lowest BCUT2D eigenvalue weighted by Gasteiger charge is -2.30. The monoisotopic (exact) mass is 326 g/mol. The molecule has 0 aromatic heterocycles. The van der Waals surface area contributed by atoms with Gasteiger partial charge in [-0.15, -0.1) is 0 Å². The Balaban J connectivity index is 1.54. The van der Waals surface area contributed by atoms with E-state index in [0.29, 0.717) is 19.4 Å². The summed E-state index contributed by atoms with van der Waals surface area (Å²) in [6.45, 7) is 1.36. The van der Waals surface area contributed by atoms with Gasteiger partial charge >= 0.3 is 6.03 Å². The Kier molecular flexibility index (Phi) is 4.49. The van der Waals surface area contributed by atoms with E-state index >= 15 is 0 Å². The number of hydrogen-bond donors (Lipinski definition) is 3. The number of imide groups is 1. The first-order valence-corrected chi connectivity index (χ1v) is 8.34. The second kappa shape index (κ2) is 6.37. The Bertz CT molecular complexity index is 473. The van der Waals surface area contributed by atoms with Crippen LogP contribution >= 0.6 is 12.2 Å². The van der Waals surface area contributed by atoms with Crippen LogP contribution in [0.5, 0.6) is 0 Å². The fraction of sp³-hybridized carbons (Fsp3) is 0.786. The normalized spacial score (nSPS) is 27.1. The number of thiocarbonyl (C=S) groups is 1. The number of amides is 3. The van der Waals surface area contributed by atoms with Crippen LogP contribution in [0.4, 0.5) is 4.79 Å². The minimum absolute atomic E-state index is 0.146. The molecule has 3 N–H and O–H groups in total. The fourth-order valence-electron chi connectivity index (χ4n) is 3.37.